The molecule has 0 aromatic carbocycles. The Morgan fingerprint density at radius 1 is 1.55 bits per heavy atom. The predicted molar refractivity (Wildman–Crippen MR) is 84.6 cm³/mol. The minimum Gasteiger partial charge on any atom is -0.610 e. The van der Waals surface area contributed by atoms with Crippen LogP contribution in [0.2, 0.25) is 0 Å². The lowest BCUT2D eigenvalue weighted by Crippen LogP contribution is -2.23. The first-order valence-corrected chi connectivity index (χ1v) is 8.77. The Kier molecular flexibility index (Phi) is 6.71. The second-order valence-corrected chi connectivity index (χ2v) is 8.38. The summed E-state index contributed by atoms with van der Waals surface area (Å²) in [5.41, 5.74) is 0.167. The van der Waals surface area contributed by atoms with Crippen LogP contribution in [0.5, 0.6) is 0 Å². The Morgan fingerprint density at radius 2 is 2.25 bits per heavy atom. The van der Waals surface area contributed by atoms with Crippen LogP contribution in [0.25, 0.3) is 0 Å². The van der Waals surface area contributed by atoms with Gasteiger partial charge in [-0.15, -0.1) is 0 Å². The number of hydrogen-bond acceptors (Lipinski definition) is 4. The quantitative estimate of drug-likeness (QED) is 0.499. The third kappa shape index (κ3) is 6.07. The summed E-state index contributed by atoms with van der Waals surface area (Å²) in [5.74, 6) is 0.373. The number of thiazole rings is 1. The zero-order valence-electron chi connectivity index (χ0n) is 12.4. The summed E-state index contributed by atoms with van der Waals surface area (Å²) < 4.78 is 12.1. The van der Waals surface area contributed by atoms with Gasteiger partial charge in [0, 0.05) is 17.7 Å². The molecule has 0 fully saturated rings. The van der Waals surface area contributed by atoms with Gasteiger partial charge in [-0.1, -0.05) is 44.3 Å². The number of allylic oxidation sites excluding steroid dienone is 1. The van der Waals surface area contributed by atoms with E-state index < -0.39 is 11.2 Å². The largest absolute Gasteiger partial charge is 0.610 e. The van der Waals surface area contributed by atoms with E-state index in [1.165, 1.54) is 17.5 Å². The summed E-state index contributed by atoms with van der Waals surface area (Å²) in [4.78, 5) is 16.4. The van der Waals surface area contributed by atoms with Crippen LogP contribution in [0.1, 0.15) is 43.8 Å². The summed E-state index contributed by atoms with van der Waals surface area (Å²) in [5, 5.41) is 2.84. The molecule has 4 nitrogen and oxygen atoms in total. The van der Waals surface area contributed by atoms with Crippen molar-refractivity contribution in [1.29, 1.82) is 0 Å². The molecule has 112 valence electrons. The van der Waals surface area contributed by atoms with Crippen LogP contribution in [0.15, 0.2) is 22.7 Å². The highest BCUT2D eigenvalue weighted by atomic mass is 32.2. The van der Waals surface area contributed by atoms with Gasteiger partial charge < -0.3 is 9.87 Å². The summed E-state index contributed by atoms with van der Waals surface area (Å²) in [6.07, 6.45) is 6.50. The van der Waals surface area contributed by atoms with Gasteiger partial charge in [-0.05, 0) is 18.8 Å². The molecule has 0 aliphatic carbocycles. The fraction of sp³-hybridized carbons (Fsp3) is 0.571. The molecule has 0 saturated carbocycles. The van der Waals surface area contributed by atoms with Gasteiger partial charge >= 0.3 is 4.34 Å². The van der Waals surface area contributed by atoms with Gasteiger partial charge in [-0.2, -0.15) is 4.98 Å². The van der Waals surface area contributed by atoms with Crippen molar-refractivity contribution < 1.29 is 9.35 Å². The number of rotatable bonds is 6. The molecule has 1 amide bonds. The number of amides is 1. The molecule has 0 saturated heterocycles. The van der Waals surface area contributed by atoms with E-state index in [9.17, 15) is 9.35 Å². The second-order valence-electron chi connectivity index (χ2n) is 5.44. The Bertz CT molecular complexity index is 464. The van der Waals surface area contributed by atoms with Crippen LogP contribution in [-0.2, 0) is 11.2 Å². The number of nitrogens with one attached hydrogen (secondary N) is 1. The van der Waals surface area contributed by atoms with Crippen LogP contribution in [0, 0.1) is 5.41 Å². The molecule has 0 spiro atoms. The van der Waals surface area contributed by atoms with Gasteiger partial charge in [-0.25, -0.2) is 0 Å². The van der Waals surface area contributed by atoms with Gasteiger partial charge in [0.05, 0.1) is 6.20 Å². The fourth-order valence-corrected chi connectivity index (χ4v) is 3.36. The van der Waals surface area contributed by atoms with E-state index in [1.54, 1.807) is 0 Å². The lowest BCUT2D eigenvalue weighted by Gasteiger charge is -2.10. The van der Waals surface area contributed by atoms with Gasteiger partial charge in [0.15, 0.2) is 0 Å². The van der Waals surface area contributed by atoms with Crippen molar-refractivity contribution in [2.45, 2.75) is 38.5 Å². The molecule has 1 N–H and O–H groups in total. The molecule has 0 aliphatic heterocycles. The summed E-state index contributed by atoms with van der Waals surface area (Å²) in [7, 11) is 0. The fourth-order valence-electron chi connectivity index (χ4n) is 1.38. The Balaban J connectivity index is 2.40. The molecule has 6 heteroatoms. The monoisotopic (exact) mass is 314 g/mol. The first-order chi connectivity index (χ1) is 9.33. The van der Waals surface area contributed by atoms with Crippen LogP contribution in [0.4, 0.5) is 0 Å². The van der Waals surface area contributed by atoms with E-state index >= 15 is 0 Å². The number of aromatic nitrogens is 1. The normalized spacial score (nSPS) is 13.7. The van der Waals surface area contributed by atoms with Gasteiger partial charge in [0.1, 0.15) is 10.6 Å². The first-order valence-electron chi connectivity index (χ1n) is 6.63. The molecular weight excluding hydrogens is 292 g/mol. The first kappa shape index (κ1) is 17.2. The highest BCUT2D eigenvalue weighted by molar-refractivity contribution is 7.93. The lowest BCUT2D eigenvalue weighted by atomic mass is 9.96. The number of carbonyl (C=O) groups excluding carboxylic acids is 1. The number of hydrogen-bond donors (Lipinski definition) is 1. The van der Waals surface area contributed by atoms with E-state index in [0.29, 0.717) is 21.5 Å². The Morgan fingerprint density at radius 3 is 2.85 bits per heavy atom. The molecule has 0 bridgehead atoms. The van der Waals surface area contributed by atoms with Crippen molar-refractivity contribution in [1.82, 2.24) is 10.3 Å². The van der Waals surface area contributed by atoms with Crippen molar-refractivity contribution in [3.63, 3.8) is 0 Å². The molecule has 0 radical (unpaired) electrons. The third-order valence-corrected chi connectivity index (χ3v) is 5.00. The van der Waals surface area contributed by atoms with Crippen LogP contribution in [0.3, 0.4) is 0 Å². The minimum absolute atomic E-state index is 0.147. The van der Waals surface area contributed by atoms with Gasteiger partial charge in [0.25, 0.3) is 5.91 Å². The highest BCUT2D eigenvalue weighted by Crippen LogP contribution is 2.19. The zero-order valence-corrected chi connectivity index (χ0v) is 14.1. The van der Waals surface area contributed by atoms with Crippen molar-refractivity contribution in [3.05, 3.63) is 23.2 Å². The smallest absolute Gasteiger partial charge is 0.302 e. The Labute approximate surface area is 127 Å². The maximum Gasteiger partial charge on any atom is 0.302 e. The SMILES string of the molecule is CC[S+]([O-])c1ncc(C(=O)NCC/C=C/C(C)(C)C)s1. The van der Waals surface area contributed by atoms with Crippen LogP contribution in [-0.4, -0.2) is 27.7 Å². The molecule has 0 aliphatic rings. The van der Waals surface area contributed by atoms with Crippen LogP contribution < -0.4 is 5.32 Å². The van der Waals surface area contributed by atoms with Crippen molar-refractivity contribution in [2.24, 2.45) is 5.41 Å². The molecule has 1 atom stereocenters. The maximum atomic E-state index is 11.9. The molecule has 20 heavy (non-hydrogen) atoms. The highest BCUT2D eigenvalue weighted by Gasteiger charge is 2.17. The van der Waals surface area contributed by atoms with E-state index in [-0.39, 0.29) is 11.3 Å². The summed E-state index contributed by atoms with van der Waals surface area (Å²) in [6, 6.07) is 0. The number of nitrogens with zero attached hydrogens (tertiary/aromatic N) is 1. The zero-order chi connectivity index (χ0) is 15.2. The predicted octanol–water partition coefficient (Wildman–Crippen LogP) is 2.99. The maximum absolute atomic E-state index is 11.9. The Hall–Kier alpha value is -0.850. The topological polar surface area (TPSA) is 65.0 Å². The molecule has 1 aromatic heterocycles. The summed E-state index contributed by atoms with van der Waals surface area (Å²) in [6.45, 7) is 8.83. The van der Waals surface area contributed by atoms with Gasteiger partial charge in [-0.3, -0.25) is 4.79 Å². The standard InChI is InChI=1S/C14H22N2O2S2/c1-5-20(18)13-16-10-11(19-13)12(17)15-9-7-6-8-14(2,3)4/h6,8,10H,5,7,9H2,1-4H3,(H,15,17)/b8-6+. The van der Waals surface area contributed by atoms with E-state index in [4.69, 9.17) is 0 Å². The van der Waals surface area contributed by atoms with E-state index in [2.05, 4.69) is 43.2 Å². The average molecular weight is 314 g/mol. The van der Waals surface area contributed by atoms with Crippen LogP contribution >= 0.6 is 11.3 Å². The molecule has 1 aromatic rings. The van der Waals surface area contributed by atoms with Crippen molar-refractivity contribution >= 4 is 28.4 Å². The molecule has 1 rings (SSSR count). The van der Waals surface area contributed by atoms with E-state index in [1.807, 2.05) is 6.92 Å². The van der Waals surface area contributed by atoms with Crippen molar-refractivity contribution in [2.75, 3.05) is 12.3 Å². The minimum atomic E-state index is -1.09. The second kappa shape index (κ2) is 7.81. The summed E-state index contributed by atoms with van der Waals surface area (Å²) >= 11 is 0.112. The van der Waals surface area contributed by atoms with Crippen molar-refractivity contribution in [3.8, 4) is 0 Å². The van der Waals surface area contributed by atoms with Gasteiger partial charge in [0.2, 0.25) is 0 Å². The third-order valence-electron chi connectivity index (χ3n) is 2.38. The molecule has 1 unspecified atom stereocenters. The van der Waals surface area contributed by atoms with E-state index in [0.717, 1.165) is 6.42 Å². The molecule has 1 heterocycles. The lowest BCUT2D eigenvalue weighted by molar-refractivity contribution is 0.0958. The molecular formula is C14H22N2O2S2. The number of carbonyl (C=O) groups is 1. The average Bonchev–Trinajstić information content (AvgIpc) is 2.85.